The summed E-state index contributed by atoms with van der Waals surface area (Å²) in [7, 11) is 0. The first-order valence-corrected chi connectivity index (χ1v) is 11.2. The second kappa shape index (κ2) is 9.81. The average molecular weight is 464 g/mol. The van der Waals surface area contributed by atoms with E-state index in [2.05, 4.69) is 10.1 Å². The highest BCUT2D eigenvalue weighted by atomic mass is 32.1. The Hall–Kier alpha value is -2.75. The summed E-state index contributed by atoms with van der Waals surface area (Å²) in [5, 5.41) is 3.78. The smallest absolute Gasteiger partial charge is 0.387 e. The van der Waals surface area contributed by atoms with Crippen LogP contribution in [0.25, 0.3) is 0 Å². The summed E-state index contributed by atoms with van der Waals surface area (Å²) in [5.41, 5.74) is 3.08. The van der Waals surface area contributed by atoms with Crippen molar-refractivity contribution in [3.63, 3.8) is 0 Å². The number of carbonyl (C=O) groups excluding carboxylic acids is 1. The van der Waals surface area contributed by atoms with Crippen molar-refractivity contribution >= 4 is 22.2 Å². The molecule has 0 radical (unpaired) electrons. The van der Waals surface area contributed by atoms with Gasteiger partial charge in [0.1, 0.15) is 29.9 Å². The van der Waals surface area contributed by atoms with E-state index in [1.165, 1.54) is 22.5 Å². The molecule has 1 saturated heterocycles. The molecule has 3 heterocycles. The van der Waals surface area contributed by atoms with Gasteiger partial charge in [-0.15, -0.1) is 11.3 Å². The van der Waals surface area contributed by atoms with E-state index in [0.29, 0.717) is 13.2 Å². The molecular weight excluding hydrogens is 438 g/mol. The molecule has 1 aliphatic heterocycles. The van der Waals surface area contributed by atoms with Crippen LogP contribution >= 0.6 is 11.3 Å². The number of halogens is 2. The molecule has 32 heavy (non-hydrogen) atoms. The second-order valence-electron chi connectivity index (χ2n) is 7.61. The number of hydrogen-bond acceptors (Lipinski definition) is 5. The monoisotopic (exact) mass is 463 g/mol. The number of amides is 1. The number of nitrogens with one attached hydrogen (secondary N) is 2. The zero-order valence-corrected chi connectivity index (χ0v) is 18.6. The minimum Gasteiger partial charge on any atom is -0.459 e. The third-order valence-electron chi connectivity index (χ3n) is 5.67. The zero-order valence-electron chi connectivity index (χ0n) is 17.8. The third kappa shape index (κ3) is 4.85. The maximum absolute atomic E-state index is 12.7. The first kappa shape index (κ1) is 22.4. The van der Waals surface area contributed by atoms with E-state index >= 15 is 0 Å². The maximum atomic E-state index is 12.7. The molecule has 0 bridgehead atoms. The molecule has 6 nitrogen and oxygen atoms in total. The Kier molecular flexibility index (Phi) is 6.88. The summed E-state index contributed by atoms with van der Waals surface area (Å²) in [6.45, 7) is 4.05. The Morgan fingerprint density at radius 2 is 1.88 bits per heavy atom. The van der Waals surface area contributed by atoms with E-state index < -0.39 is 6.61 Å². The van der Waals surface area contributed by atoms with Crippen molar-refractivity contribution in [1.82, 2.24) is 0 Å². The lowest BCUT2D eigenvalue weighted by molar-refractivity contribution is -0.933. The van der Waals surface area contributed by atoms with Crippen LogP contribution < -0.4 is 15.0 Å². The lowest BCUT2D eigenvalue weighted by atomic mass is 9.94. The van der Waals surface area contributed by atoms with Crippen molar-refractivity contribution in [3.05, 3.63) is 70.0 Å². The zero-order chi connectivity index (χ0) is 22.7. The standard InChI is InChI=1S/C23H24F2N2O4S/c1-14-15(2)32-22(26-21(28)18-4-3-11-30-18)19(14)20(27-9-12-29-13-10-27)16-5-7-17(8-6-16)31-23(24)25/h3-8,11,20,23H,9-10,12-13H2,1-2H3,(H,26,28)/p+1/t20-/m1/s1. The van der Waals surface area contributed by atoms with Crippen molar-refractivity contribution in [3.8, 4) is 5.75 Å². The number of thiophene rings is 1. The van der Waals surface area contributed by atoms with Crippen LogP contribution in [0.15, 0.2) is 47.1 Å². The van der Waals surface area contributed by atoms with Crippen LogP contribution in [0.3, 0.4) is 0 Å². The number of anilines is 1. The fourth-order valence-corrected chi connectivity index (χ4v) is 5.12. The quantitative estimate of drug-likeness (QED) is 0.559. The topological polar surface area (TPSA) is 65.1 Å². The van der Waals surface area contributed by atoms with Crippen LogP contribution in [0, 0.1) is 13.8 Å². The number of aryl methyl sites for hydroxylation is 1. The number of ether oxygens (including phenoxy) is 2. The molecule has 3 aromatic rings. The van der Waals surface area contributed by atoms with E-state index in [9.17, 15) is 13.6 Å². The van der Waals surface area contributed by atoms with Gasteiger partial charge in [-0.1, -0.05) is 0 Å². The number of morpholine rings is 1. The summed E-state index contributed by atoms with van der Waals surface area (Å²) in [6.07, 6.45) is 1.46. The molecule has 0 spiro atoms. The Labute approximate surface area is 188 Å². The van der Waals surface area contributed by atoms with Gasteiger partial charge in [-0.25, -0.2) is 0 Å². The van der Waals surface area contributed by atoms with Crippen LogP contribution in [0.2, 0.25) is 0 Å². The molecule has 0 aliphatic carbocycles. The molecule has 1 aromatic carbocycles. The summed E-state index contributed by atoms with van der Waals surface area (Å²) >= 11 is 1.52. The predicted octanol–water partition coefficient (Wildman–Crippen LogP) is 3.82. The SMILES string of the molecule is Cc1sc(NC(=O)c2ccco2)c([C@@H](c2ccc(OC(F)F)cc2)[NH+]2CCOCC2)c1C. The van der Waals surface area contributed by atoms with Crippen LogP contribution in [0.4, 0.5) is 13.8 Å². The summed E-state index contributed by atoms with van der Waals surface area (Å²) in [4.78, 5) is 15.1. The Bertz CT molecular complexity index is 1040. The number of furan rings is 1. The van der Waals surface area contributed by atoms with Gasteiger partial charge in [-0.2, -0.15) is 8.78 Å². The molecule has 170 valence electrons. The average Bonchev–Trinajstić information content (AvgIpc) is 3.40. The van der Waals surface area contributed by atoms with Crippen molar-refractivity contribution in [2.75, 3.05) is 31.6 Å². The van der Waals surface area contributed by atoms with Crippen LogP contribution in [0.1, 0.15) is 38.2 Å². The van der Waals surface area contributed by atoms with Gasteiger partial charge in [0.15, 0.2) is 5.76 Å². The molecule has 1 aliphatic rings. The molecule has 0 saturated carbocycles. The first-order valence-electron chi connectivity index (χ1n) is 10.4. The normalized spacial score (nSPS) is 15.7. The van der Waals surface area contributed by atoms with Gasteiger partial charge in [0.2, 0.25) is 0 Å². The number of alkyl halides is 2. The molecule has 9 heteroatoms. The molecule has 1 amide bonds. The molecule has 2 N–H and O–H groups in total. The molecule has 1 fully saturated rings. The molecule has 2 aromatic heterocycles. The number of quaternary nitrogens is 1. The largest absolute Gasteiger partial charge is 0.459 e. The highest BCUT2D eigenvalue weighted by Crippen LogP contribution is 2.39. The van der Waals surface area contributed by atoms with Gasteiger partial charge in [-0.3, -0.25) is 4.79 Å². The fourth-order valence-electron chi connectivity index (χ4n) is 4.03. The Morgan fingerprint density at radius 1 is 1.16 bits per heavy atom. The molecule has 4 rings (SSSR count). The van der Waals surface area contributed by atoms with E-state index in [4.69, 9.17) is 9.15 Å². The predicted molar refractivity (Wildman–Crippen MR) is 117 cm³/mol. The van der Waals surface area contributed by atoms with Gasteiger partial charge in [0.25, 0.3) is 5.91 Å². The van der Waals surface area contributed by atoms with Crippen molar-refractivity contribution in [2.24, 2.45) is 0 Å². The Balaban J connectivity index is 1.73. The van der Waals surface area contributed by atoms with Crippen molar-refractivity contribution in [1.29, 1.82) is 0 Å². The molecule has 1 atom stereocenters. The lowest BCUT2D eigenvalue weighted by Gasteiger charge is -2.32. The summed E-state index contributed by atoms with van der Waals surface area (Å²) in [5.74, 6) is 0.0429. The fraction of sp³-hybridized carbons (Fsp3) is 0.348. The number of benzene rings is 1. The van der Waals surface area contributed by atoms with E-state index in [0.717, 1.165) is 39.7 Å². The van der Waals surface area contributed by atoms with Gasteiger partial charge >= 0.3 is 6.61 Å². The van der Waals surface area contributed by atoms with Crippen LogP contribution in [0.5, 0.6) is 5.75 Å². The Morgan fingerprint density at radius 3 is 2.50 bits per heavy atom. The van der Waals surface area contributed by atoms with E-state index in [-0.39, 0.29) is 23.5 Å². The summed E-state index contributed by atoms with van der Waals surface area (Å²) in [6, 6.07) is 9.94. The minimum atomic E-state index is -2.87. The van der Waals surface area contributed by atoms with Gasteiger partial charge in [-0.05, 0) is 55.8 Å². The minimum absolute atomic E-state index is 0.101. The van der Waals surface area contributed by atoms with Gasteiger partial charge in [0, 0.05) is 10.4 Å². The van der Waals surface area contributed by atoms with Crippen LogP contribution in [-0.2, 0) is 4.74 Å². The highest BCUT2D eigenvalue weighted by molar-refractivity contribution is 7.16. The lowest BCUT2D eigenvalue weighted by Crippen LogP contribution is -3.14. The number of hydrogen-bond donors (Lipinski definition) is 2. The second-order valence-corrected chi connectivity index (χ2v) is 8.83. The van der Waals surface area contributed by atoms with E-state index in [1.54, 1.807) is 24.3 Å². The molecule has 0 unspecified atom stereocenters. The maximum Gasteiger partial charge on any atom is 0.387 e. The van der Waals surface area contributed by atoms with Crippen molar-refractivity contribution < 1.29 is 32.4 Å². The van der Waals surface area contributed by atoms with Gasteiger partial charge < -0.3 is 24.1 Å². The molecular formula is C23H25F2N2O4S+. The first-order chi connectivity index (χ1) is 15.4. The van der Waals surface area contributed by atoms with Crippen LogP contribution in [-0.4, -0.2) is 38.8 Å². The summed E-state index contributed by atoms with van der Waals surface area (Å²) < 4.78 is 40.5. The number of carbonyl (C=O) groups is 1. The van der Waals surface area contributed by atoms with E-state index in [1.807, 2.05) is 26.0 Å². The van der Waals surface area contributed by atoms with Gasteiger partial charge in [0.05, 0.1) is 25.0 Å². The highest BCUT2D eigenvalue weighted by Gasteiger charge is 2.34. The third-order valence-corrected chi connectivity index (χ3v) is 6.81. The van der Waals surface area contributed by atoms with Crippen molar-refractivity contribution in [2.45, 2.75) is 26.5 Å². The number of rotatable bonds is 7.